The highest BCUT2D eigenvalue weighted by atomic mass is 14.4. The Morgan fingerprint density at radius 2 is 1.19 bits per heavy atom. The van der Waals surface area contributed by atoms with Gasteiger partial charge in [-0.05, 0) is 25.7 Å². The second-order valence-corrected chi connectivity index (χ2v) is 3.72. The predicted octanol–water partition coefficient (Wildman–Crippen LogP) is 2.80. The van der Waals surface area contributed by atoms with Crippen LogP contribution in [0.3, 0.4) is 0 Å². The molecule has 16 heavy (non-hydrogen) atoms. The Balaban J connectivity index is 4.45. The smallest absolute Gasteiger partial charge is 0.0690 e. The summed E-state index contributed by atoms with van der Waals surface area (Å²) < 4.78 is 0. The molecule has 0 heterocycles. The van der Waals surface area contributed by atoms with Gasteiger partial charge in [0.1, 0.15) is 0 Å². The third-order valence-electron chi connectivity index (χ3n) is 2.61. The molecule has 0 bridgehead atoms. The molecule has 0 unspecified atom stereocenters. The molecule has 0 aliphatic heterocycles. The number of nitrogens with zero attached hydrogens (tertiary/aromatic N) is 4. The fourth-order valence-electron chi connectivity index (χ4n) is 1.64. The minimum atomic E-state index is -0.595. The summed E-state index contributed by atoms with van der Waals surface area (Å²) in [6, 6.07) is 8.32. The third-order valence-corrected chi connectivity index (χ3v) is 2.61. The molecule has 82 valence electrons. The molecule has 4 nitrogen and oxygen atoms in total. The van der Waals surface area contributed by atoms with E-state index in [1.54, 1.807) is 0 Å². The van der Waals surface area contributed by atoms with Gasteiger partial charge in [0.15, 0.2) is 0 Å². The van der Waals surface area contributed by atoms with E-state index in [-0.39, 0.29) is 0 Å². The summed E-state index contributed by atoms with van der Waals surface area (Å²) >= 11 is 0. The van der Waals surface area contributed by atoms with Crippen molar-refractivity contribution >= 4 is 0 Å². The highest BCUT2D eigenvalue weighted by molar-refractivity contribution is 5.01. The second kappa shape index (κ2) is 8.28. The molecule has 0 amide bonds. The monoisotopic (exact) mass is 214 g/mol. The van der Waals surface area contributed by atoms with Crippen LogP contribution < -0.4 is 0 Å². The zero-order valence-electron chi connectivity index (χ0n) is 9.24. The molecule has 0 aromatic rings. The number of nitriles is 4. The molecule has 4 heteroatoms. The van der Waals surface area contributed by atoms with Crippen LogP contribution in [-0.4, -0.2) is 0 Å². The van der Waals surface area contributed by atoms with Gasteiger partial charge in [0.05, 0.1) is 29.7 Å². The minimum Gasteiger partial charge on any atom is -0.198 e. The SMILES string of the molecule is N#CCCCC(C#N)(CCC#N)CCC#N. The number of hydrogen-bond acceptors (Lipinski definition) is 4. The summed E-state index contributed by atoms with van der Waals surface area (Å²) in [5, 5.41) is 34.7. The lowest BCUT2D eigenvalue weighted by Gasteiger charge is -2.24. The van der Waals surface area contributed by atoms with Crippen LogP contribution in [-0.2, 0) is 0 Å². The maximum atomic E-state index is 9.18. The van der Waals surface area contributed by atoms with E-state index in [0.717, 1.165) is 0 Å². The van der Waals surface area contributed by atoms with Crippen LogP contribution in [0, 0.1) is 50.7 Å². The van der Waals surface area contributed by atoms with Gasteiger partial charge in [-0.15, -0.1) is 0 Å². The van der Waals surface area contributed by atoms with Gasteiger partial charge in [-0.2, -0.15) is 21.0 Å². The Kier molecular flexibility index (Phi) is 7.23. The van der Waals surface area contributed by atoms with Crippen molar-refractivity contribution < 1.29 is 0 Å². The van der Waals surface area contributed by atoms with E-state index in [1.165, 1.54) is 0 Å². The average Bonchev–Trinajstić information content (AvgIpc) is 2.32. The van der Waals surface area contributed by atoms with Crippen LogP contribution in [0.4, 0.5) is 0 Å². The Hall–Kier alpha value is -2.04. The Bertz CT molecular complexity index is 340. The van der Waals surface area contributed by atoms with E-state index >= 15 is 0 Å². The lowest BCUT2D eigenvalue weighted by molar-refractivity contribution is 0.309. The first-order chi connectivity index (χ1) is 7.74. The lowest BCUT2D eigenvalue weighted by Crippen LogP contribution is -2.18. The quantitative estimate of drug-likeness (QED) is 0.608. The molecule has 0 rings (SSSR count). The maximum Gasteiger partial charge on any atom is 0.0690 e. The van der Waals surface area contributed by atoms with Crippen molar-refractivity contribution in [2.24, 2.45) is 5.41 Å². The predicted molar refractivity (Wildman–Crippen MR) is 57.2 cm³/mol. The van der Waals surface area contributed by atoms with Crippen LogP contribution in [0.5, 0.6) is 0 Å². The van der Waals surface area contributed by atoms with Crippen molar-refractivity contribution in [1.82, 2.24) is 0 Å². The molecule has 0 fully saturated rings. The largest absolute Gasteiger partial charge is 0.198 e. The van der Waals surface area contributed by atoms with E-state index in [4.69, 9.17) is 15.8 Å². The van der Waals surface area contributed by atoms with Crippen molar-refractivity contribution in [3.8, 4) is 24.3 Å². The zero-order chi connectivity index (χ0) is 12.3. The van der Waals surface area contributed by atoms with Crippen LogP contribution in [0.2, 0.25) is 0 Å². The first-order valence-electron chi connectivity index (χ1n) is 5.27. The number of rotatable bonds is 7. The van der Waals surface area contributed by atoms with Crippen molar-refractivity contribution in [2.45, 2.75) is 44.9 Å². The topological polar surface area (TPSA) is 95.2 Å². The minimum absolute atomic E-state index is 0.325. The van der Waals surface area contributed by atoms with E-state index in [1.807, 2.05) is 18.2 Å². The highest BCUT2D eigenvalue weighted by Crippen LogP contribution is 2.34. The molecule has 0 aliphatic carbocycles. The maximum absolute atomic E-state index is 9.18. The molecular formula is C12H14N4. The Morgan fingerprint density at radius 3 is 1.56 bits per heavy atom. The van der Waals surface area contributed by atoms with E-state index < -0.39 is 5.41 Å². The van der Waals surface area contributed by atoms with Gasteiger partial charge in [-0.3, -0.25) is 0 Å². The van der Waals surface area contributed by atoms with E-state index in [9.17, 15) is 5.26 Å². The number of hydrogen-bond donors (Lipinski definition) is 0. The van der Waals surface area contributed by atoms with Gasteiger partial charge in [0, 0.05) is 19.3 Å². The fraction of sp³-hybridized carbons (Fsp3) is 0.667. The summed E-state index contributed by atoms with van der Waals surface area (Å²) in [5.41, 5.74) is -0.595. The zero-order valence-corrected chi connectivity index (χ0v) is 9.24. The molecule has 0 N–H and O–H groups in total. The van der Waals surface area contributed by atoms with Gasteiger partial charge in [-0.25, -0.2) is 0 Å². The van der Waals surface area contributed by atoms with E-state index in [0.29, 0.717) is 44.9 Å². The first-order valence-corrected chi connectivity index (χ1v) is 5.27. The van der Waals surface area contributed by atoms with Gasteiger partial charge in [0.2, 0.25) is 0 Å². The van der Waals surface area contributed by atoms with Crippen LogP contribution in [0.1, 0.15) is 44.9 Å². The summed E-state index contributed by atoms with van der Waals surface area (Å²) in [5.74, 6) is 0. The molecule has 0 aliphatic rings. The molecule has 0 aromatic carbocycles. The normalized spacial score (nSPS) is 9.50. The molecule has 0 radical (unpaired) electrons. The van der Waals surface area contributed by atoms with Crippen LogP contribution >= 0.6 is 0 Å². The lowest BCUT2D eigenvalue weighted by atomic mass is 9.76. The van der Waals surface area contributed by atoms with Gasteiger partial charge >= 0.3 is 0 Å². The average molecular weight is 214 g/mol. The molecule has 0 saturated heterocycles. The summed E-state index contributed by atoms with van der Waals surface area (Å²) in [4.78, 5) is 0. The Morgan fingerprint density at radius 1 is 0.688 bits per heavy atom. The third kappa shape index (κ3) is 4.99. The van der Waals surface area contributed by atoms with Gasteiger partial charge in [-0.1, -0.05) is 0 Å². The van der Waals surface area contributed by atoms with Crippen molar-refractivity contribution in [1.29, 1.82) is 21.0 Å². The summed E-state index contributed by atoms with van der Waals surface area (Å²) in [6.45, 7) is 0. The second-order valence-electron chi connectivity index (χ2n) is 3.72. The molecule has 0 aromatic heterocycles. The fourth-order valence-corrected chi connectivity index (χ4v) is 1.64. The Labute approximate surface area is 96.3 Å². The highest BCUT2D eigenvalue weighted by Gasteiger charge is 2.28. The standard InChI is InChI=1S/C12H14N4/c13-8-2-1-5-12(11-16,6-3-9-14)7-4-10-15/h1-7H2. The van der Waals surface area contributed by atoms with Crippen LogP contribution in [0.15, 0.2) is 0 Å². The molecule has 0 atom stereocenters. The first kappa shape index (κ1) is 14.0. The molecule has 0 saturated carbocycles. The van der Waals surface area contributed by atoms with Crippen molar-refractivity contribution in [2.75, 3.05) is 0 Å². The van der Waals surface area contributed by atoms with Gasteiger partial charge in [0.25, 0.3) is 0 Å². The molecular weight excluding hydrogens is 200 g/mol. The van der Waals surface area contributed by atoms with Gasteiger partial charge < -0.3 is 0 Å². The van der Waals surface area contributed by atoms with Crippen molar-refractivity contribution in [3.05, 3.63) is 0 Å². The van der Waals surface area contributed by atoms with Crippen molar-refractivity contribution in [3.63, 3.8) is 0 Å². The summed E-state index contributed by atoms with van der Waals surface area (Å²) in [7, 11) is 0. The summed E-state index contributed by atoms with van der Waals surface area (Å²) in [6.07, 6.45) is 3.31. The molecule has 0 spiro atoms. The van der Waals surface area contributed by atoms with E-state index in [2.05, 4.69) is 6.07 Å². The number of unbranched alkanes of at least 4 members (excludes halogenated alkanes) is 1. The van der Waals surface area contributed by atoms with Crippen LogP contribution in [0.25, 0.3) is 0 Å².